The molecule has 0 amide bonds. The summed E-state index contributed by atoms with van der Waals surface area (Å²) in [7, 11) is 0. The highest BCUT2D eigenvalue weighted by Crippen LogP contribution is 2.23. The van der Waals surface area contributed by atoms with E-state index in [0.29, 0.717) is 18.1 Å². The predicted octanol–water partition coefficient (Wildman–Crippen LogP) is 7.81. The summed E-state index contributed by atoms with van der Waals surface area (Å²) in [6, 6.07) is 15.7. The van der Waals surface area contributed by atoms with Crippen LogP contribution in [0, 0.1) is 5.92 Å². The molecule has 2 rings (SSSR count). The Labute approximate surface area is 198 Å². The fourth-order valence-electron chi connectivity index (χ4n) is 3.13. The molecule has 0 saturated heterocycles. The van der Waals surface area contributed by atoms with Crippen molar-refractivity contribution < 1.29 is 14.3 Å². The van der Waals surface area contributed by atoms with Crippen LogP contribution < -0.4 is 4.74 Å². The summed E-state index contributed by atoms with van der Waals surface area (Å²) >= 11 is 1.96. The minimum Gasteiger partial charge on any atom is -0.493 e. The first-order chi connectivity index (χ1) is 15.6. The van der Waals surface area contributed by atoms with Gasteiger partial charge in [0.2, 0.25) is 0 Å². The van der Waals surface area contributed by atoms with Crippen LogP contribution in [0.25, 0.3) is 11.1 Å². The first kappa shape index (κ1) is 26.1. The Bertz CT molecular complexity index is 783. The molecule has 0 aliphatic heterocycles. The number of ether oxygens (including phenoxy) is 2. The van der Waals surface area contributed by atoms with Crippen molar-refractivity contribution in [3.05, 3.63) is 66.7 Å². The lowest BCUT2D eigenvalue weighted by Crippen LogP contribution is -2.11. The number of hydrogen-bond acceptors (Lipinski definition) is 4. The first-order valence-electron chi connectivity index (χ1n) is 11.8. The van der Waals surface area contributed by atoms with Crippen LogP contribution in [0.15, 0.2) is 61.2 Å². The maximum absolute atomic E-state index is 12.2. The van der Waals surface area contributed by atoms with E-state index in [4.69, 9.17) is 9.47 Å². The minimum absolute atomic E-state index is 0.258. The lowest BCUT2D eigenvalue weighted by atomic mass is 10.0. The fraction of sp³-hybridized carbons (Fsp3) is 0.464. The molecule has 0 N–H and O–H groups in total. The molecule has 0 bridgehead atoms. The monoisotopic (exact) mass is 454 g/mol. The van der Waals surface area contributed by atoms with Gasteiger partial charge in [-0.25, -0.2) is 4.79 Å². The zero-order valence-corrected chi connectivity index (χ0v) is 20.5. The molecule has 0 aliphatic carbocycles. The number of hydrogen-bond donors (Lipinski definition) is 0. The number of thioether (sulfide) groups is 1. The molecule has 1 unspecified atom stereocenters. The van der Waals surface area contributed by atoms with Crippen molar-refractivity contribution in [3.8, 4) is 16.9 Å². The van der Waals surface area contributed by atoms with E-state index in [0.717, 1.165) is 42.1 Å². The number of esters is 1. The van der Waals surface area contributed by atoms with Crippen molar-refractivity contribution in [3.63, 3.8) is 0 Å². The van der Waals surface area contributed by atoms with E-state index in [-0.39, 0.29) is 5.97 Å². The summed E-state index contributed by atoms with van der Waals surface area (Å²) in [6.45, 7) is 9.13. The van der Waals surface area contributed by atoms with E-state index < -0.39 is 0 Å². The summed E-state index contributed by atoms with van der Waals surface area (Å²) in [5.41, 5.74) is 2.76. The van der Waals surface area contributed by atoms with E-state index >= 15 is 0 Å². The second-order valence-corrected chi connectivity index (χ2v) is 9.39. The smallest absolute Gasteiger partial charge is 0.338 e. The predicted molar refractivity (Wildman–Crippen MR) is 138 cm³/mol. The number of allylic oxidation sites excluding steroid dienone is 1. The Morgan fingerprint density at radius 3 is 2.28 bits per heavy atom. The zero-order valence-electron chi connectivity index (χ0n) is 19.7. The third-order valence-electron chi connectivity index (χ3n) is 5.45. The molecule has 174 valence electrons. The number of unbranched alkanes of at least 4 members (excludes halogenated alkanes) is 4. The summed E-state index contributed by atoms with van der Waals surface area (Å²) < 4.78 is 11.2. The van der Waals surface area contributed by atoms with Crippen molar-refractivity contribution in [2.45, 2.75) is 52.4 Å². The number of carbonyl (C=O) groups is 1. The van der Waals surface area contributed by atoms with E-state index in [1.807, 2.05) is 54.2 Å². The molecule has 32 heavy (non-hydrogen) atoms. The summed E-state index contributed by atoms with van der Waals surface area (Å²) in [5, 5.41) is 0. The van der Waals surface area contributed by atoms with Gasteiger partial charge in [0.05, 0.1) is 18.8 Å². The molecule has 2 aromatic carbocycles. The van der Waals surface area contributed by atoms with Gasteiger partial charge in [0.1, 0.15) is 5.75 Å². The average molecular weight is 455 g/mol. The first-order valence-corrected chi connectivity index (χ1v) is 13.0. The SMILES string of the molecule is C=CCCCCCCSCCOc1ccc(-c2ccc(C(=O)OCC(C)CC)cc2)cc1. The quantitative estimate of drug-likeness (QED) is 0.147. The number of benzene rings is 2. The lowest BCUT2D eigenvalue weighted by molar-refractivity contribution is 0.0447. The molecule has 0 aromatic heterocycles. The van der Waals surface area contributed by atoms with Gasteiger partial charge in [-0.1, -0.05) is 63.5 Å². The molecule has 4 heteroatoms. The van der Waals surface area contributed by atoms with Gasteiger partial charge in [0, 0.05) is 5.75 Å². The molecular formula is C28H38O3S. The van der Waals surface area contributed by atoms with Gasteiger partial charge in [0.15, 0.2) is 0 Å². The third kappa shape index (κ3) is 9.95. The minimum atomic E-state index is -0.258. The van der Waals surface area contributed by atoms with Gasteiger partial charge in [0.25, 0.3) is 0 Å². The van der Waals surface area contributed by atoms with Gasteiger partial charge in [-0.05, 0) is 66.3 Å². The normalized spacial score (nSPS) is 11.7. The van der Waals surface area contributed by atoms with Crippen LogP contribution in [0.4, 0.5) is 0 Å². The van der Waals surface area contributed by atoms with E-state index in [1.165, 1.54) is 31.4 Å². The van der Waals surface area contributed by atoms with Crippen LogP contribution in [-0.4, -0.2) is 30.7 Å². The molecule has 2 aromatic rings. The fourth-order valence-corrected chi connectivity index (χ4v) is 3.94. The zero-order chi connectivity index (χ0) is 23.0. The van der Waals surface area contributed by atoms with Crippen LogP contribution in [0.1, 0.15) is 62.7 Å². The molecule has 3 nitrogen and oxygen atoms in total. The molecule has 0 radical (unpaired) electrons. The maximum Gasteiger partial charge on any atom is 0.338 e. The number of rotatable bonds is 16. The Morgan fingerprint density at radius 2 is 1.62 bits per heavy atom. The van der Waals surface area contributed by atoms with Crippen LogP contribution in [0.5, 0.6) is 5.75 Å². The summed E-state index contributed by atoms with van der Waals surface area (Å²) in [4.78, 5) is 12.2. The molecule has 0 fully saturated rings. The maximum atomic E-state index is 12.2. The van der Waals surface area contributed by atoms with Crippen molar-refractivity contribution in [1.29, 1.82) is 0 Å². The highest BCUT2D eigenvalue weighted by molar-refractivity contribution is 7.99. The standard InChI is InChI=1S/C28H38O3S/c1-4-6-7-8-9-10-20-32-21-19-30-27-17-15-25(16-18-27)24-11-13-26(14-12-24)28(29)31-22-23(3)5-2/h4,11-18,23H,1,5-10,19-22H2,2-3H3. The molecule has 0 saturated carbocycles. The van der Waals surface area contributed by atoms with Crippen molar-refractivity contribution >= 4 is 17.7 Å². The van der Waals surface area contributed by atoms with Crippen LogP contribution in [-0.2, 0) is 4.74 Å². The molecule has 0 heterocycles. The average Bonchev–Trinajstić information content (AvgIpc) is 2.84. The second-order valence-electron chi connectivity index (χ2n) is 8.17. The van der Waals surface area contributed by atoms with Crippen molar-refractivity contribution in [1.82, 2.24) is 0 Å². The lowest BCUT2D eigenvalue weighted by Gasteiger charge is -2.10. The van der Waals surface area contributed by atoms with Gasteiger partial charge < -0.3 is 9.47 Å². The largest absolute Gasteiger partial charge is 0.493 e. The van der Waals surface area contributed by atoms with E-state index in [1.54, 1.807) is 0 Å². The Hall–Kier alpha value is -2.20. The van der Waals surface area contributed by atoms with Crippen molar-refractivity contribution in [2.24, 2.45) is 5.92 Å². The molecule has 0 aliphatic rings. The topological polar surface area (TPSA) is 35.5 Å². The Kier molecular flexibility index (Phi) is 12.7. The summed E-state index contributed by atoms with van der Waals surface area (Å²) in [5.74, 6) is 3.24. The highest BCUT2D eigenvalue weighted by Gasteiger charge is 2.09. The van der Waals surface area contributed by atoms with Gasteiger partial charge in [-0.2, -0.15) is 11.8 Å². The van der Waals surface area contributed by atoms with Gasteiger partial charge in [-0.3, -0.25) is 0 Å². The highest BCUT2D eigenvalue weighted by atomic mass is 32.2. The Balaban J connectivity index is 1.68. The molecule has 0 spiro atoms. The van der Waals surface area contributed by atoms with Crippen LogP contribution in [0.3, 0.4) is 0 Å². The molecular weight excluding hydrogens is 416 g/mol. The van der Waals surface area contributed by atoms with Crippen molar-refractivity contribution in [2.75, 3.05) is 24.7 Å². The number of carbonyl (C=O) groups excluding carboxylic acids is 1. The summed E-state index contributed by atoms with van der Waals surface area (Å²) in [6.07, 6.45) is 9.30. The van der Waals surface area contributed by atoms with Gasteiger partial charge in [-0.15, -0.1) is 6.58 Å². The van der Waals surface area contributed by atoms with E-state index in [9.17, 15) is 4.79 Å². The third-order valence-corrected chi connectivity index (χ3v) is 6.48. The Morgan fingerprint density at radius 1 is 0.969 bits per heavy atom. The van der Waals surface area contributed by atoms with Gasteiger partial charge >= 0.3 is 5.97 Å². The van der Waals surface area contributed by atoms with E-state index in [2.05, 4.69) is 32.6 Å². The molecule has 1 atom stereocenters. The van der Waals surface area contributed by atoms with Crippen LogP contribution in [0.2, 0.25) is 0 Å². The second kappa shape index (κ2) is 15.6. The van der Waals surface area contributed by atoms with Crippen LogP contribution >= 0.6 is 11.8 Å².